The molecule has 18 heavy (non-hydrogen) atoms. The van der Waals surface area contributed by atoms with Crippen molar-refractivity contribution in [2.45, 2.75) is 66.7 Å². The summed E-state index contributed by atoms with van der Waals surface area (Å²) in [5.74, 6) is 2.61. The fourth-order valence-corrected chi connectivity index (χ4v) is 1.65. The Hall–Kier alpha value is -0.660. The molecule has 0 bridgehead atoms. The molecule has 2 N–H and O–H groups in total. The number of nitrogens with one attached hydrogen (secondary N) is 2. The number of rotatable bonds is 11. The molecule has 0 aromatic rings. The van der Waals surface area contributed by atoms with E-state index in [0.717, 1.165) is 13.1 Å². The van der Waals surface area contributed by atoms with Crippen LogP contribution in [0.25, 0.3) is 0 Å². The molecule has 0 aromatic carbocycles. The lowest BCUT2D eigenvalue weighted by molar-refractivity contribution is 0.532. The first-order valence-corrected chi connectivity index (χ1v) is 7.74. The van der Waals surface area contributed by atoms with Crippen molar-refractivity contribution < 1.29 is 0 Å². The minimum absolute atomic E-state index is 0.689. The minimum Gasteiger partial charge on any atom is -0.372 e. The highest BCUT2D eigenvalue weighted by Gasteiger charge is 1.99. The summed E-state index contributed by atoms with van der Waals surface area (Å²) >= 11 is 0. The van der Waals surface area contributed by atoms with E-state index in [-0.39, 0.29) is 0 Å². The van der Waals surface area contributed by atoms with Gasteiger partial charge in [-0.15, -0.1) is 0 Å². The van der Waals surface area contributed by atoms with Gasteiger partial charge in [0.1, 0.15) is 0 Å². The molecule has 0 saturated carbocycles. The van der Waals surface area contributed by atoms with Crippen LogP contribution in [0.2, 0.25) is 0 Å². The molecule has 0 heterocycles. The first-order valence-electron chi connectivity index (χ1n) is 7.74. The molecule has 0 saturated heterocycles. The van der Waals surface area contributed by atoms with E-state index in [1.54, 1.807) is 0 Å². The molecule has 0 amide bonds. The Morgan fingerprint density at radius 1 is 0.889 bits per heavy atom. The first kappa shape index (κ1) is 17.3. The highest BCUT2D eigenvalue weighted by molar-refractivity contribution is 4.97. The van der Waals surface area contributed by atoms with Gasteiger partial charge in [-0.25, -0.2) is 0 Å². The van der Waals surface area contributed by atoms with Crippen molar-refractivity contribution in [1.29, 1.82) is 0 Å². The summed E-state index contributed by atoms with van der Waals surface area (Å²) < 4.78 is 0. The molecule has 0 radical (unpaired) electrons. The zero-order valence-corrected chi connectivity index (χ0v) is 13.2. The molecule has 0 atom stereocenters. The van der Waals surface area contributed by atoms with Gasteiger partial charge < -0.3 is 10.6 Å². The molecule has 0 fully saturated rings. The summed E-state index contributed by atoms with van der Waals surface area (Å²) in [7, 11) is 0. The van der Waals surface area contributed by atoms with Gasteiger partial charge in [0.05, 0.1) is 5.82 Å². The van der Waals surface area contributed by atoms with Crippen LogP contribution in [0, 0.1) is 11.8 Å². The minimum atomic E-state index is 0.689. The van der Waals surface area contributed by atoms with Crippen LogP contribution in [0.5, 0.6) is 0 Å². The van der Waals surface area contributed by atoms with E-state index in [2.05, 4.69) is 51.3 Å². The SMILES string of the molecule is CCCCCCC=C(NCC(C)C)NCC(C)C. The van der Waals surface area contributed by atoms with E-state index in [1.165, 1.54) is 37.9 Å². The Kier molecular flexibility index (Phi) is 11.0. The van der Waals surface area contributed by atoms with Gasteiger partial charge in [-0.2, -0.15) is 0 Å². The maximum atomic E-state index is 3.52. The highest BCUT2D eigenvalue weighted by atomic mass is 15.1. The Morgan fingerprint density at radius 2 is 1.44 bits per heavy atom. The topological polar surface area (TPSA) is 24.1 Å². The average Bonchev–Trinajstić information content (AvgIpc) is 2.30. The lowest BCUT2D eigenvalue weighted by Gasteiger charge is -2.16. The first-order chi connectivity index (χ1) is 8.56. The summed E-state index contributed by atoms with van der Waals surface area (Å²) in [6.45, 7) is 13.3. The zero-order valence-electron chi connectivity index (χ0n) is 13.2. The summed E-state index contributed by atoms with van der Waals surface area (Å²) in [5, 5.41) is 7.03. The average molecular weight is 254 g/mol. The molecular formula is C16H34N2. The van der Waals surface area contributed by atoms with Gasteiger partial charge in [0.2, 0.25) is 0 Å². The summed E-state index contributed by atoms with van der Waals surface area (Å²) in [6.07, 6.45) is 8.86. The molecule has 0 aliphatic carbocycles. The number of unbranched alkanes of at least 4 members (excludes halogenated alkanes) is 4. The molecule has 108 valence electrons. The molecule has 0 aliphatic rings. The Labute approximate surface area is 115 Å². The fraction of sp³-hybridized carbons (Fsp3) is 0.875. The van der Waals surface area contributed by atoms with Crippen LogP contribution in [0.15, 0.2) is 11.9 Å². The third kappa shape index (κ3) is 11.8. The van der Waals surface area contributed by atoms with Gasteiger partial charge in [-0.05, 0) is 30.8 Å². The predicted molar refractivity (Wildman–Crippen MR) is 82.5 cm³/mol. The van der Waals surface area contributed by atoms with Crippen LogP contribution >= 0.6 is 0 Å². The van der Waals surface area contributed by atoms with Gasteiger partial charge in [-0.1, -0.05) is 53.9 Å². The van der Waals surface area contributed by atoms with Crippen molar-refractivity contribution in [2.24, 2.45) is 11.8 Å². The van der Waals surface area contributed by atoms with Gasteiger partial charge in [0.15, 0.2) is 0 Å². The number of hydrogen-bond acceptors (Lipinski definition) is 2. The third-order valence-corrected chi connectivity index (χ3v) is 2.81. The van der Waals surface area contributed by atoms with E-state index < -0.39 is 0 Å². The van der Waals surface area contributed by atoms with Crippen LogP contribution in [0.1, 0.15) is 66.7 Å². The Morgan fingerprint density at radius 3 is 1.89 bits per heavy atom. The molecule has 2 nitrogen and oxygen atoms in total. The smallest absolute Gasteiger partial charge is 0.0945 e. The second-order valence-electron chi connectivity index (χ2n) is 6.02. The second kappa shape index (κ2) is 11.4. The molecule has 0 spiro atoms. The van der Waals surface area contributed by atoms with Crippen molar-refractivity contribution in [3.05, 3.63) is 11.9 Å². The maximum Gasteiger partial charge on any atom is 0.0945 e. The van der Waals surface area contributed by atoms with Crippen molar-refractivity contribution in [3.63, 3.8) is 0 Å². The van der Waals surface area contributed by atoms with Gasteiger partial charge in [0, 0.05) is 13.1 Å². The molecule has 0 unspecified atom stereocenters. The molecule has 0 rings (SSSR count). The fourth-order valence-electron chi connectivity index (χ4n) is 1.65. The van der Waals surface area contributed by atoms with Crippen LogP contribution in [-0.2, 0) is 0 Å². The van der Waals surface area contributed by atoms with Gasteiger partial charge in [-0.3, -0.25) is 0 Å². The molecule has 0 aromatic heterocycles. The summed E-state index contributed by atoms with van der Waals surface area (Å²) in [4.78, 5) is 0. The van der Waals surface area contributed by atoms with Crippen molar-refractivity contribution in [3.8, 4) is 0 Å². The summed E-state index contributed by atoms with van der Waals surface area (Å²) in [6, 6.07) is 0. The molecule has 2 heteroatoms. The Bertz CT molecular complexity index is 193. The van der Waals surface area contributed by atoms with E-state index >= 15 is 0 Å². The van der Waals surface area contributed by atoms with Crippen molar-refractivity contribution in [2.75, 3.05) is 13.1 Å². The van der Waals surface area contributed by atoms with E-state index in [1.807, 2.05) is 0 Å². The van der Waals surface area contributed by atoms with E-state index in [0.29, 0.717) is 11.8 Å². The normalized spacial score (nSPS) is 10.8. The zero-order chi connectivity index (χ0) is 13.8. The molecule has 0 aliphatic heterocycles. The van der Waals surface area contributed by atoms with Crippen LogP contribution < -0.4 is 10.6 Å². The van der Waals surface area contributed by atoms with Gasteiger partial charge in [0.25, 0.3) is 0 Å². The number of allylic oxidation sites excluding steroid dienone is 1. The third-order valence-electron chi connectivity index (χ3n) is 2.81. The standard InChI is InChI=1S/C16H34N2/c1-6-7-8-9-10-11-16(17-12-14(2)3)18-13-15(4)5/h11,14-15,17-18H,6-10,12-13H2,1-5H3. The monoisotopic (exact) mass is 254 g/mol. The van der Waals surface area contributed by atoms with E-state index in [4.69, 9.17) is 0 Å². The quantitative estimate of drug-likeness (QED) is 0.537. The van der Waals surface area contributed by atoms with Crippen molar-refractivity contribution >= 4 is 0 Å². The number of hydrogen-bond donors (Lipinski definition) is 2. The Balaban J connectivity index is 3.96. The van der Waals surface area contributed by atoms with Crippen molar-refractivity contribution in [1.82, 2.24) is 10.6 Å². The van der Waals surface area contributed by atoms with Crippen LogP contribution in [0.4, 0.5) is 0 Å². The summed E-state index contributed by atoms with van der Waals surface area (Å²) in [5.41, 5.74) is 0. The second-order valence-corrected chi connectivity index (χ2v) is 6.02. The lowest BCUT2D eigenvalue weighted by atomic mass is 10.1. The van der Waals surface area contributed by atoms with E-state index in [9.17, 15) is 0 Å². The largest absolute Gasteiger partial charge is 0.372 e. The lowest BCUT2D eigenvalue weighted by Crippen LogP contribution is -2.31. The van der Waals surface area contributed by atoms with Gasteiger partial charge >= 0.3 is 0 Å². The maximum absolute atomic E-state index is 3.52. The van der Waals surface area contributed by atoms with Crippen LogP contribution in [-0.4, -0.2) is 13.1 Å². The van der Waals surface area contributed by atoms with Crippen LogP contribution in [0.3, 0.4) is 0 Å². The molecular weight excluding hydrogens is 220 g/mol. The highest BCUT2D eigenvalue weighted by Crippen LogP contribution is 2.04. The predicted octanol–water partition coefficient (Wildman–Crippen LogP) is 4.29.